The zero-order valence-corrected chi connectivity index (χ0v) is 23.0. The van der Waals surface area contributed by atoms with E-state index in [-0.39, 0.29) is 0 Å². The maximum absolute atomic E-state index is 6.17. The number of unbranched alkanes of at least 4 members (excludes halogenated alkanes) is 7. The summed E-state index contributed by atoms with van der Waals surface area (Å²) >= 11 is 3.62. The first-order chi connectivity index (χ1) is 16.0. The van der Waals surface area contributed by atoms with Crippen molar-refractivity contribution in [3.63, 3.8) is 0 Å². The molecule has 2 rings (SSSR count). The number of benzene rings is 2. The summed E-state index contributed by atoms with van der Waals surface area (Å²) in [7, 11) is 0. The zero-order chi connectivity index (χ0) is 24.1. The van der Waals surface area contributed by atoms with Gasteiger partial charge in [-0.25, -0.2) is 0 Å². The lowest BCUT2D eigenvalue weighted by Crippen LogP contribution is -2.01. The lowest BCUT2D eigenvalue weighted by Gasteiger charge is -2.15. The molecule has 0 saturated carbocycles. The molecule has 0 fully saturated rings. The van der Waals surface area contributed by atoms with Gasteiger partial charge in [0.05, 0.1) is 18.0 Å². The van der Waals surface area contributed by atoms with Crippen LogP contribution in [-0.4, -0.2) is 6.61 Å². The van der Waals surface area contributed by atoms with Gasteiger partial charge in [0.1, 0.15) is 5.75 Å². The Morgan fingerprint density at radius 3 is 1.97 bits per heavy atom. The van der Waals surface area contributed by atoms with Crippen LogP contribution in [0, 0.1) is 0 Å². The Labute approximate surface area is 210 Å². The average molecular weight is 516 g/mol. The molecule has 33 heavy (non-hydrogen) atoms. The molecule has 4 heteroatoms. The van der Waals surface area contributed by atoms with Crippen LogP contribution in [0.4, 0.5) is 11.4 Å². The Balaban J connectivity index is 2.00. The van der Waals surface area contributed by atoms with Gasteiger partial charge in [-0.2, -0.15) is 5.11 Å². The molecular formula is C29H43BrN2O. The first-order valence-corrected chi connectivity index (χ1v) is 13.8. The molecule has 0 spiro atoms. The smallest absolute Gasteiger partial charge is 0.122 e. The predicted molar refractivity (Wildman–Crippen MR) is 146 cm³/mol. The normalized spacial score (nSPS) is 11.6. The topological polar surface area (TPSA) is 34.0 Å². The second-order valence-corrected chi connectivity index (χ2v) is 10.1. The second-order valence-electron chi connectivity index (χ2n) is 9.18. The van der Waals surface area contributed by atoms with E-state index in [2.05, 4.69) is 85.0 Å². The van der Waals surface area contributed by atoms with Crippen LogP contribution in [0.15, 0.2) is 45.0 Å². The van der Waals surface area contributed by atoms with Crippen LogP contribution in [0.25, 0.3) is 0 Å². The molecule has 0 bridgehead atoms. The molecule has 0 amide bonds. The molecule has 0 unspecified atom stereocenters. The second kappa shape index (κ2) is 15.3. The van der Waals surface area contributed by atoms with Crippen molar-refractivity contribution in [2.75, 3.05) is 6.61 Å². The van der Waals surface area contributed by atoms with E-state index in [0.717, 1.165) is 47.5 Å². The third-order valence-electron chi connectivity index (χ3n) is 6.13. The average Bonchev–Trinajstić information content (AvgIpc) is 2.81. The number of aryl methyl sites for hydroxylation is 2. The first kappa shape index (κ1) is 27.6. The Morgan fingerprint density at radius 2 is 1.39 bits per heavy atom. The number of halogens is 1. The van der Waals surface area contributed by atoms with Crippen molar-refractivity contribution >= 4 is 27.3 Å². The van der Waals surface area contributed by atoms with E-state index in [9.17, 15) is 0 Å². The number of azo groups is 1. The largest absolute Gasteiger partial charge is 0.493 e. The molecule has 0 aromatic heterocycles. The number of rotatable bonds is 15. The van der Waals surface area contributed by atoms with E-state index in [1.54, 1.807) is 0 Å². The molecule has 0 heterocycles. The van der Waals surface area contributed by atoms with E-state index in [0.29, 0.717) is 5.92 Å². The Morgan fingerprint density at radius 1 is 0.788 bits per heavy atom. The van der Waals surface area contributed by atoms with Crippen LogP contribution in [0.3, 0.4) is 0 Å². The van der Waals surface area contributed by atoms with Crippen LogP contribution in [0.5, 0.6) is 5.75 Å². The summed E-state index contributed by atoms with van der Waals surface area (Å²) in [6.07, 6.45) is 12.4. The molecule has 0 radical (unpaired) electrons. The van der Waals surface area contributed by atoms with Gasteiger partial charge < -0.3 is 4.74 Å². The van der Waals surface area contributed by atoms with Crippen LogP contribution >= 0.6 is 15.9 Å². The van der Waals surface area contributed by atoms with Gasteiger partial charge in [-0.3, -0.25) is 0 Å². The highest BCUT2D eigenvalue weighted by molar-refractivity contribution is 9.10. The molecule has 2 aromatic rings. The van der Waals surface area contributed by atoms with Crippen molar-refractivity contribution in [1.29, 1.82) is 0 Å². The lowest BCUT2D eigenvalue weighted by molar-refractivity contribution is 0.300. The van der Waals surface area contributed by atoms with Gasteiger partial charge in [0, 0.05) is 4.47 Å². The van der Waals surface area contributed by atoms with Crippen molar-refractivity contribution in [2.45, 2.75) is 105 Å². The lowest BCUT2D eigenvalue weighted by atomic mass is 10.0. The first-order valence-electron chi connectivity index (χ1n) is 13.0. The van der Waals surface area contributed by atoms with Gasteiger partial charge in [0.2, 0.25) is 0 Å². The Hall–Kier alpha value is -1.68. The Kier molecular flexibility index (Phi) is 12.8. The van der Waals surface area contributed by atoms with Gasteiger partial charge in [-0.15, -0.1) is 5.11 Å². The van der Waals surface area contributed by atoms with Gasteiger partial charge in [-0.05, 0) is 72.2 Å². The minimum absolute atomic E-state index is 0.374. The van der Waals surface area contributed by atoms with Crippen LogP contribution in [-0.2, 0) is 12.8 Å². The highest BCUT2D eigenvalue weighted by Crippen LogP contribution is 2.34. The van der Waals surface area contributed by atoms with Gasteiger partial charge in [0.25, 0.3) is 0 Å². The number of hydrogen-bond donors (Lipinski definition) is 0. The molecule has 0 aliphatic carbocycles. The van der Waals surface area contributed by atoms with Gasteiger partial charge in [-0.1, -0.05) is 95.5 Å². The van der Waals surface area contributed by atoms with Crippen molar-refractivity contribution in [3.05, 3.63) is 51.5 Å². The standard InChI is InChI=1S/C29H43BrN2O/c1-6-9-10-11-12-13-14-15-18-33-28-17-16-26(21-27(28)22(4)5)31-32-29-23(7-2)19-25(30)20-24(29)8-3/h16-17,19-22H,6-15,18H2,1-5H3. The maximum atomic E-state index is 6.17. The number of ether oxygens (including phenoxy) is 1. The fourth-order valence-electron chi connectivity index (χ4n) is 4.09. The summed E-state index contributed by atoms with van der Waals surface area (Å²) in [6, 6.07) is 10.5. The highest BCUT2D eigenvalue weighted by Gasteiger charge is 2.11. The minimum Gasteiger partial charge on any atom is -0.493 e. The predicted octanol–water partition coefficient (Wildman–Crippen LogP) is 10.6. The molecule has 2 aromatic carbocycles. The number of hydrogen-bond acceptors (Lipinski definition) is 3. The van der Waals surface area contributed by atoms with Crippen LogP contribution < -0.4 is 4.74 Å². The molecule has 0 aliphatic heterocycles. The molecular weight excluding hydrogens is 472 g/mol. The summed E-state index contributed by atoms with van der Waals surface area (Å²) in [4.78, 5) is 0. The van der Waals surface area contributed by atoms with Crippen molar-refractivity contribution in [2.24, 2.45) is 10.2 Å². The fraction of sp³-hybridized carbons (Fsp3) is 0.586. The summed E-state index contributed by atoms with van der Waals surface area (Å²) in [5, 5.41) is 9.29. The molecule has 3 nitrogen and oxygen atoms in total. The monoisotopic (exact) mass is 514 g/mol. The SMILES string of the molecule is CCCCCCCCCCOc1ccc(N=Nc2c(CC)cc(Br)cc2CC)cc1C(C)C. The van der Waals surface area contributed by atoms with Crippen LogP contribution in [0.1, 0.15) is 109 Å². The van der Waals surface area contributed by atoms with E-state index >= 15 is 0 Å². The fourth-order valence-corrected chi connectivity index (χ4v) is 4.64. The van der Waals surface area contributed by atoms with Gasteiger partial charge in [0.15, 0.2) is 0 Å². The minimum atomic E-state index is 0.374. The van der Waals surface area contributed by atoms with Gasteiger partial charge >= 0.3 is 0 Å². The summed E-state index contributed by atoms with van der Waals surface area (Å²) in [6.45, 7) is 11.8. The summed E-state index contributed by atoms with van der Waals surface area (Å²) in [5.41, 5.74) is 5.53. The summed E-state index contributed by atoms with van der Waals surface area (Å²) < 4.78 is 7.28. The Bertz CT molecular complexity index is 851. The van der Waals surface area contributed by atoms with E-state index in [1.165, 1.54) is 61.6 Å². The van der Waals surface area contributed by atoms with E-state index < -0.39 is 0 Å². The summed E-state index contributed by atoms with van der Waals surface area (Å²) in [5.74, 6) is 1.36. The van der Waals surface area contributed by atoms with E-state index in [4.69, 9.17) is 4.74 Å². The van der Waals surface area contributed by atoms with E-state index in [1.807, 2.05) is 6.07 Å². The molecule has 0 aliphatic rings. The quantitative estimate of drug-likeness (QED) is 0.172. The molecule has 182 valence electrons. The van der Waals surface area contributed by atoms with Crippen molar-refractivity contribution in [3.8, 4) is 5.75 Å². The maximum Gasteiger partial charge on any atom is 0.122 e. The highest BCUT2D eigenvalue weighted by atomic mass is 79.9. The molecule has 0 atom stereocenters. The molecule has 0 saturated heterocycles. The number of nitrogens with zero attached hydrogens (tertiary/aromatic N) is 2. The van der Waals surface area contributed by atoms with Crippen molar-refractivity contribution < 1.29 is 4.74 Å². The third kappa shape index (κ3) is 9.23. The zero-order valence-electron chi connectivity index (χ0n) is 21.4. The van der Waals surface area contributed by atoms with Crippen LogP contribution in [0.2, 0.25) is 0 Å². The molecule has 0 N–H and O–H groups in total. The third-order valence-corrected chi connectivity index (χ3v) is 6.59. The van der Waals surface area contributed by atoms with Crippen molar-refractivity contribution in [1.82, 2.24) is 0 Å².